The van der Waals surface area contributed by atoms with Crippen molar-refractivity contribution in [2.75, 3.05) is 7.11 Å². The van der Waals surface area contributed by atoms with Crippen molar-refractivity contribution in [3.63, 3.8) is 0 Å². The molecule has 2 N–H and O–H groups in total. The lowest BCUT2D eigenvalue weighted by Gasteiger charge is -2.10. The summed E-state index contributed by atoms with van der Waals surface area (Å²) in [6.07, 6.45) is 0.836. The van der Waals surface area contributed by atoms with Gasteiger partial charge in [-0.2, -0.15) is 0 Å². The van der Waals surface area contributed by atoms with E-state index < -0.39 is 0 Å². The zero-order valence-electron chi connectivity index (χ0n) is 7.88. The quantitative estimate of drug-likeness (QED) is 0.885. The average Bonchev–Trinajstić information content (AvgIpc) is 2.03. The monoisotopic (exact) mass is 243 g/mol. The predicted molar refractivity (Wildman–Crippen MR) is 58.0 cm³/mol. The van der Waals surface area contributed by atoms with Crippen LogP contribution in [-0.4, -0.2) is 13.2 Å². The van der Waals surface area contributed by atoms with Gasteiger partial charge in [0, 0.05) is 10.5 Å². The minimum atomic E-state index is 0.156. The number of benzene rings is 1. The Bertz CT molecular complexity index is 286. The summed E-state index contributed by atoms with van der Waals surface area (Å²) in [5.41, 5.74) is 6.87. The summed E-state index contributed by atoms with van der Waals surface area (Å²) in [5, 5.41) is 0. The second-order valence-electron chi connectivity index (χ2n) is 3.14. The molecule has 0 aliphatic heterocycles. The molecule has 0 unspecified atom stereocenters. The maximum Gasteiger partial charge on any atom is 0.122 e. The van der Waals surface area contributed by atoms with Gasteiger partial charge in [0.15, 0.2) is 0 Å². The van der Waals surface area contributed by atoms with E-state index in [-0.39, 0.29) is 6.04 Å². The van der Waals surface area contributed by atoms with E-state index >= 15 is 0 Å². The van der Waals surface area contributed by atoms with Gasteiger partial charge in [-0.05, 0) is 37.1 Å². The van der Waals surface area contributed by atoms with Crippen LogP contribution < -0.4 is 10.5 Å². The molecule has 2 nitrogen and oxygen atoms in total. The Kier molecular flexibility index (Phi) is 3.75. The van der Waals surface area contributed by atoms with Gasteiger partial charge in [0.2, 0.25) is 0 Å². The van der Waals surface area contributed by atoms with Crippen molar-refractivity contribution < 1.29 is 4.74 Å². The third kappa shape index (κ3) is 3.01. The first-order chi connectivity index (χ1) is 6.13. The highest BCUT2D eigenvalue weighted by atomic mass is 79.9. The Morgan fingerprint density at radius 3 is 2.77 bits per heavy atom. The summed E-state index contributed by atoms with van der Waals surface area (Å²) >= 11 is 3.42. The van der Waals surface area contributed by atoms with E-state index in [1.165, 1.54) is 0 Å². The summed E-state index contributed by atoms with van der Waals surface area (Å²) in [7, 11) is 1.67. The second-order valence-corrected chi connectivity index (χ2v) is 4.05. The van der Waals surface area contributed by atoms with Gasteiger partial charge in [0.05, 0.1) is 7.11 Å². The molecular weight excluding hydrogens is 230 g/mol. The van der Waals surface area contributed by atoms with Gasteiger partial charge in [-0.25, -0.2) is 0 Å². The normalized spacial score (nSPS) is 12.6. The zero-order valence-corrected chi connectivity index (χ0v) is 9.47. The van der Waals surface area contributed by atoms with Crippen molar-refractivity contribution in [2.45, 2.75) is 19.4 Å². The number of rotatable bonds is 3. The third-order valence-corrected chi connectivity index (χ3v) is 2.28. The van der Waals surface area contributed by atoms with Crippen LogP contribution in [-0.2, 0) is 6.42 Å². The smallest absolute Gasteiger partial charge is 0.122 e. The lowest BCUT2D eigenvalue weighted by atomic mass is 10.1. The molecule has 1 atom stereocenters. The molecule has 72 valence electrons. The molecule has 3 heteroatoms. The number of ether oxygens (including phenoxy) is 1. The number of halogens is 1. The second kappa shape index (κ2) is 4.63. The minimum Gasteiger partial charge on any atom is -0.496 e. The molecule has 0 spiro atoms. The van der Waals surface area contributed by atoms with E-state index in [1.54, 1.807) is 7.11 Å². The van der Waals surface area contributed by atoms with E-state index in [0.717, 1.165) is 22.2 Å². The van der Waals surface area contributed by atoms with E-state index in [1.807, 2.05) is 25.1 Å². The zero-order chi connectivity index (χ0) is 9.84. The number of hydrogen-bond donors (Lipinski definition) is 1. The molecule has 0 fully saturated rings. The molecule has 0 radical (unpaired) electrons. The van der Waals surface area contributed by atoms with Crippen LogP contribution in [0.3, 0.4) is 0 Å². The highest BCUT2D eigenvalue weighted by molar-refractivity contribution is 9.10. The van der Waals surface area contributed by atoms with Gasteiger partial charge in [0.1, 0.15) is 5.75 Å². The number of hydrogen-bond acceptors (Lipinski definition) is 2. The fourth-order valence-electron chi connectivity index (χ4n) is 1.25. The van der Waals surface area contributed by atoms with Gasteiger partial charge in [-0.3, -0.25) is 0 Å². The Hall–Kier alpha value is -0.540. The van der Waals surface area contributed by atoms with Crippen LogP contribution in [0.4, 0.5) is 0 Å². The maximum absolute atomic E-state index is 5.73. The van der Waals surface area contributed by atoms with E-state index in [9.17, 15) is 0 Å². The van der Waals surface area contributed by atoms with Crippen LogP contribution in [0.15, 0.2) is 22.7 Å². The summed E-state index contributed by atoms with van der Waals surface area (Å²) < 4.78 is 6.28. The van der Waals surface area contributed by atoms with Crippen LogP contribution in [0.1, 0.15) is 12.5 Å². The van der Waals surface area contributed by atoms with Gasteiger partial charge < -0.3 is 10.5 Å². The standard InChI is InChI=1S/C10H14BrNO/c1-7(12)5-8-6-9(11)3-4-10(8)13-2/h3-4,6-7H,5,12H2,1-2H3/t7-/m1/s1. The van der Waals surface area contributed by atoms with Crippen molar-refractivity contribution in [2.24, 2.45) is 5.73 Å². The first-order valence-corrected chi connectivity index (χ1v) is 5.00. The molecule has 1 rings (SSSR count). The fraction of sp³-hybridized carbons (Fsp3) is 0.400. The molecule has 0 saturated heterocycles. The van der Waals surface area contributed by atoms with Crippen LogP contribution in [0.2, 0.25) is 0 Å². The third-order valence-electron chi connectivity index (χ3n) is 1.78. The summed E-state index contributed by atoms with van der Waals surface area (Å²) in [6, 6.07) is 6.11. The Morgan fingerprint density at radius 1 is 1.54 bits per heavy atom. The molecule has 0 amide bonds. The van der Waals surface area contributed by atoms with Crippen molar-refractivity contribution >= 4 is 15.9 Å². The average molecular weight is 244 g/mol. The molecule has 0 heterocycles. The molecule has 0 aliphatic rings. The van der Waals surface area contributed by atoms with Gasteiger partial charge in [0.25, 0.3) is 0 Å². The molecule has 13 heavy (non-hydrogen) atoms. The Morgan fingerprint density at radius 2 is 2.23 bits per heavy atom. The van der Waals surface area contributed by atoms with Crippen LogP contribution >= 0.6 is 15.9 Å². The minimum absolute atomic E-state index is 0.156. The largest absolute Gasteiger partial charge is 0.496 e. The first-order valence-electron chi connectivity index (χ1n) is 4.21. The number of nitrogens with two attached hydrogens (primary N) is 1. The van der Waals surface area contributed by atoms with E-state index in [0.29, 0.717) is 0 Å². The highest BCUT2D eigenvalue weighted by Crippen LogP contribution is 2.23. The van der Waals surface area contributed by atoms with E-state index in [2.05, 4.69) is 15.9 Å². The Balaban J connectivity index is 2.94. The van der Waals surface area contributed by atoms with Gasteiger partial charge >= 0.3 is 0 Å². The van der Waals surface area contributed by atoms with Crippen molar-refractivity contribution in [3.8, 4) is 5.75 Å². The summed E-state index contributed by atoms with van der Waals surface area (Å²) in [6.45, 7) is 1.99. The van der Waals surface area contributed by atoms with Crippen LogP contribution in [0.25, 0.3) is 0 Å². The lowest BCUT2D eigenvalue weighted by Crippen LogP contribution is -2.18. The Labute approximate surface area is 87.2 Å². The summed E-state index contributed by atoms with van der Waals surface area (Å²) in [4.78, 5) is 0. The van der Waals surface area contributed by atoms with Crippen LogP contribution in [0.5, 0.6) is 5.75 Å². The van der Waals surface area contributed by atoms with Crippen LogP contribution in [0, 0.1) is 0 Å². The molecular formula is C10H14BrNO. The van der Waals surface area contributed by atoms with Crippen molar-refractivity contribution in [1.82, 2.24) is 0 Å². The molecule has 1 aromatic rings. The maximum atomic E-state index is 5.73. The first kappa shape index (κ1) is 10.5. The van der Waals surface area contributed by atoms with Gasteiger partial charge in [-0.15, -0.1) is 0 Å². The molecule has 1 aromatic carbocycles. The van der Waals surface area contributed by atoms with Crippen molar-refractivity contribution in [3.05, 3.63) is 28.2 Å². The number of methoxy groups -OCH3 is 1. The molecule has 0 aromatic heterocycles. The SMILES string of the molecule is COc1ccc(Br)cc1C[C@@H](C)N. The fourth-order valence-corrected chi connectivity index (χ4v) is 1.66. The molecule has 0 saturated carbocycles. The predicted octanol–water partition coefficient (Wildman–Crippen LogP) is 2.35. The molecule has 0 aliphatic carbocycles. The summed E-state index contributed by atoms with van der Waals surface area (Å²) in [5.74, 6) is 0.903. The van der Waals surface area contributed by atoms with E-state index in [4.69, 9.17) is 10.5 Å². The van der Waals surface area contributed by atoms with Gasteiger partial charge in [-0.1, -0.05) is 15.9 Å². The highest BCUT2D eigenvalue weighted by Gasteiger charge is 2.05. The lowest BCUT2D eigenvalue weighted by molar-refractivity contribution is 0.408. The molecule has 0 bridgehead atoms. The van der Waals surface area contributed by atoms with Crippen molar-refractivity contribution in [1.29, 1.82) is 0 Å². The topological polar surface area (TPSA) is 35.2 Å².